The van der Waals surface area contributed by atoms with E-state index in [0.29, 0.717) is 5.95 Å². The van der Waals surface area contributed by atoms with Gasteiger partial charge in [0.15, 0.2) is 0 Å². The lowest BCUT2D eigenvalue weighted by molar-refractivity contribution is 0.00578. The lowest BCUT2D eigenvalue weighted by Crippen LogP contribution is -2.41. The third kappa shape index (κ3) is 5.39. The van der Waals surface area contributed by atoms with Crippen LogP contribution in [-0.4, -0.2) is 52.1 Å². The molecule has 1 amide bonds. The third-order valence-corrected chi connectivity index (χ3v) is 5.68. The van der Waals surface area contributed by atoms with Gasteiger partial charge in [0.2, 0.25) is 5.95 Å². The summed E-state index contributed by atoms with van der Waals surface area (Å²) in [7, 11) is -0.470. The van der Waals surface area contributed by atoms with Crippen LogP contribution in [0.15, 0.2) is 12.4 Å². The largest absolute Gasteiger partial charge is 0.498 e. The van der Waals surface area contributed by atoms with Crippen LogP contribution in [0, 0.1) is 0 Å². The average molecular weight is 404 g/mol. The summed E-state index contributed by atoms with van der Waals surface area (Å²) in [6, 6.07) is 0.295. The highest BCUT2D eigenvalue weighted by Crippen LogP contribution is 2.36. The number of amides is 1. The molecule has 2 atom stereocenters. The molecule has 2 N–H and O–H groups in total. The molecule has 1 aromatic rings. The second-order valence-corrected chi connectivity index (χ2v) is 9.93. The van der Waals surface area contributed by atoms with E-state index in [1.165, 1.54) is 0 Å². The third-order valence-electron chi connectivity index (χ3n) is 5.68. The summed E-state index contributed by atoms with van der Waals surface area (Å²) >= 11 is 0. The van der Waals surface area contributed by atoms with Crippen molar-refractivity contribution >= 4 is 24.6 Å². The number of anilines is 1. The number of hydrogen-bond acceptors (Lipinski definition) is 7. The smallest absolute Gasteiger partial charge is 0.444 e. The monoisotopic (exact) mass is 404 g/mol. The van der Waals surface area contributed by atoms with Crippen molar-refractivity contribution in [1.82, 2.24) is 15.3 Å². The summed E-state index contributed by atoms with van der Waals surface area (Å²) in [5.74, 6) is 0.563. The lowest BCUT2D eigenvalue weighted by atomic mass is 9.81. The molecule has 3 rings (SSSR count). The lowest BCUT2D eigenvalue weighted by Gasteiger charge is -2.32. The predicted octanol–water partition coefficient (Wildman–Crippen LogP) is 2.63. The van der Waals surface area contributed by atoms with Gasteiger partial charge in [0.1, 0.15) is 5.60 Å². The number of alkyl carbamates (subject to hydrolysis) is 1. The molecule has 2 aliphatic rings. The van der Waals surface area contributed by atoms with Crippen molar-refractivity contribution in [2.24, 2.45) is 0 Å². The fourth-order valence-corrected chi connectivity index (χ4v) is 3.41. The minimum absolute atomic E-state index is 0.0892. The molecular formula is C20H33BN4O4. The first-order valence-electron chi connectivity index (χ1n) is 10.3. The van der Waals surface area contributed by atoms with E-state index in [1.807, 2.05) is 48.5 Å². The Kier molecular flexibility index (Phi) is 5.84. The van der Waals surface area contributed by atoms with Crippen LogP contribution in [0.5, 0.6) is 0 Å². The Morgan fingerprint density at radius 2 is 1.66 bits per heavy atom. The molecule has 2 fully saturated rings. The van der Waals surface area contributed by atoms with Crippen molar-refractivity contribution in [2.45, 2.75) is 96.6 Å². The van der Waals surface area contributed by atoms with Gasteiger partial charge in [0.25, 0.3) is 0 Å². The van der Waals surface area contributed by atoms with E-state index in [4.69, 9.17) is 14.0 Å². The molecule has 0 aromatic carbocycles. The van der Waals surface area contributed by atoms with Crippen LogP contribution in [0.3, 0.4) is 0 Å². The van der Waals surface area contributed by atoms with Crippen molar-refractivity contribution in [1.29, 1.82) is 0 Å². The topological polar surface area (TPSA) is 94.6 Å². The zero-order chi connectivity index (χ0) is 21.4. The normalized spacial score (nSPS) is 25.7. The van der Waals surface area contributed by atoms with Crippen molar-refractivity contribution in [3.05, 3.63) is 12.4 Å². The molecule has 0 unspecified atom stereocenters. The minimum Gasteiger partial charge on any atom is -0.444 e. The predicted molar refractivity (Wildman–Crippen MR) is 112 cm³/mol. The molecule has 9 heteroatoms. The summed E-state index contributed by atoms with van der Waals surface area (Å²) in [5.41, 5.74) is -0.485. The first-order valence-corrected chi connectivity index (χ1v) is 10.3. The van der Waals surface area contributed by atoms with Crippen molar-refractivity contribution in [3.63, 3.8) is 0 Å². The van der Waals surface area contributed by atoms with Gasteiger partial charge in [0, 0.05) is 29.9 Å². The molecule has 1 aromatic heterocycles. The molecular weight excluding hydrogens is 371 g/mol. The fourth-order valence-electron chi connectivity index (χ4n) is 3.41. The van der Waals surface area contributed by atoms with Gasteiger partial charge in [-0.15, -0.1) is 0 Å². The molecule has 1 saturated heterocycles. The molecule has 1 saturated carbocycles. The number of ether oxygens (including phenoxy) is 1. The van der Waals surface area contributed by atoms with Crippen LogP contribution < -0.4 is 16.1 Å². The highest BCUT2D eigenvalue weighted by atomic mass is 16.7. The molecule has 0 radical (unpaired) electrons. The SMILES string of the molecule is CC(C)(C)OC(=O)N[C@H]1CC[C@H](Nc2ncc(B3OC(C)(C)C(C)(C)O3)cn2)C1. The average Bonchev–Trinajstić information content (AvgIpc) is 3.07. The van der Waals surface area contributed by atoms with Crippen LogP contribution in [0.25, 0.3) is 0 Å². The maximum Gasteiger partial charge on any atom is 0.498 e. The first-order chi connectivity index (χ1) is 13.3. The van der Waals surface area contributed by atoms with Gasteiger partial charge in [-0.1, -0.05) is 0 Å². The zero-order valence-electron chi connectivity index (χ0n) is 18.5. The van der Waals surface area contributed by atoms with Gasteiger partial charge < -0.3 is 24.7 Å². The molecule has 2 heterocycles. The van der Waals surface area contributed by atoms with Gasteiger partial charge in [-0.05, 0) is 67.7 Å². The maximum absolute atomic E-state index is 11.9. The molecule has 29 heavy (non-hydrogen) atoms. The highest BCUT2D eigenvalue weighted by Gasteiger charge is 2.52. The summed E-state index contributed by atoms with van der Waals surface area (Å²) in [6.45, 7) is 13.6. The fraction of sp³-hybridized carbons (Fsp3) is 0.750. The quantitative estimate of drug-likeness (QED) is 0.745. The second kappa shape index (κ2) is 7.76. The Balaban J connectivity index is 1.50. The van der Waals surface area contributed by atoms with Crippen LogP contribution in [0.1, 0.15) is 67.7 Å². The van der Waals surface area contributed by atoms with E-state index in [0.717, 1.165) is 24.7 Å². The van der Waals surface area contributed by atoms with E-state index < -0.39 is 23.9 Å². The Bertz CT molecular complexity index is 717. The Labute approximate surface area is 173 Å². The first kappa shape index (κ1) is 21.8. The molecule has 8 nitrogen and oxygen atoms in total. The van der Waals surface area contributed by atoms with Crippen LogP contribution in [0.4, 0.5) is 10.7 Å². The number of nitrogens with one attached hydrogen (secondary N) is 2. The molecule has 1 aliphatic carbocycles. The highest BCUT2D eigenvalue weighted by molar-refractivity contribution is 6.61. The van der Waals surface area contributed by atoms with E-state index >= 15 is 0 Å². The number of carbonyl (C=O) groups is 1. The number of rotatable bonds is 4. The Hall–Kier alpha value is -1.87. The Morgan fingerprint density at radius 1 is 1.10 bits per heavy atom. The van der Waals surface area contributed by atoms with Crippen molar-refractivity contribution < 1.29 is 18.8 Å². The summed E-state index contributed by atoms with van der Waals surface area (Å²) < 4.78 is 17.4. The molecule has 0 spiro atoms. The minimum atomic E-state index is -0.493. The van der Waals surface area contributed by atoms with Crippen LogP contribution >= 0.6 is 0 Å². The van der Waals surface area contributed by atoms with E-state index in [-0.39, 0.29) is 18.2 Å². The summed E-state index contributed by atoms with van der Waals surface area (Å²) in [5, 5.41) is 6.28. The van der Waals surface area contributed by atoms with Gasteiger partial charge in [-0.3, -0.25) is 0 Å². The number of nitrogens with zero attached hydrogens (tertiary/aromatic N) is 2. The number of hydrogen-bond donors (Lipinski definition) is 2. The van der Waals surface area contributed by atoms with Gasteiger partial charge in [-0.2, -0.15) is 0 Å². The summed E-state index contributed by atoms with van der Waals surface area (Å²) in [6.07, 6.45) is 5.74. The van der Waals surface area contributed by atoms with Gasteiger partial charge in [0.05, 0.1) is 11.2 Å². The standard InChI is InChI=1S/C20H33BN4O4/c1-18(2,3)27-17(26)25-15-9-8-14(10-15)24-16-22-11-13(12-23-16)21-28-19(4,5)20(6,7)29-21/h11-12,14-15H,8-10H2,1-7H3,(H,25,26)(H,22,23,24)/t14-,15-/m0/s1. The van der Waals surface area contributed by atoms with Crippen LogP contribution in [0.2, 0.25) is 0 Å². The summed E-state index contributed by atoms with van der Waals surface area (Å²) in [4.78, 5) is 20.8. The van der Waals surface area contributed by atoms with Crippen molar-refractivity contribution in [3.8, 4) is 0 Å². The van der Waals surface area contributed by atoms with Crippen LogP contribution in [-0.2, 0) is 14.0 Å². The second-order valence-electron chi connectivity index (χ2n) is 9.93. The van der Waals surface area contributed by atoms with E-state index in [2.05, 4.69) is 20.6 Å². The number of aromatic nitrogens is 2. The Morgan fingerprint density at radius 3 is 2.21 bits per heavy atom. The van der Waals surface area contributed by atoms with Crippen molar-refractivity contribution in [2.75, 3.05) is 5.32 Å². The maximum atomic E-state index is 11.9. The number of carbonyl (C=O) groups excluding carboxylic acids is 1. The van der Waals surface area contributed by atoms with Gasteiger partial charge >= 0.3 is 13.2 Å². The van der Waals surface area contributed by atoms with E-state index in [9.17, 15) is 4.79 Å². The van der Waals surface area contributed by atoms with Gasteiger partial charge in [-0.25, -0.2) is 14.8 Å². The molecule has 160 valence electrons. The molecule has 1 aliphatic heterocycles. The van der Waals surface area contributed by atoms with E-state index in [1.54, 1.807) is 12.4 Å². The molecule has 0 bridgehead atoms. The zero-order valence-corrected chi connectivity index (χ0v) is 18.5.